The maximum atomic E-state index is 14.7. The highest BCUT2D eigenvalue weighted by atomic mass is 19.1. The van der Waals surface area contributed by atoms with Crippen LogP contribution in [0.2, 0.25) is 0 Å². The molecule has 6 rings (SSSR count). The number of rotatable bonds is 3. The number of fused-ring (bicyclic) bond motifs is 2. The monoisotopic (exact) mass is 452 g/mol. The lowest BCUT2D eigenvalue weighted by Crippen LogP contribution is -2.40. The topological polar surface area (TPSA) is 101 Å². The maximum Gasteiger partial charge on any atom is 0.211 e. The molecule has 5 heterocycles. The van der Waals surface area contributed by atoms with Crippen molar-refractivity contribution in [3.8, 4) is 28.5 Å². The van der Waals surface area contributed by atoms with Crippen LogP contribution in [-0.2, 0) is 0 Å². The number of piperidine rings is 1. The van der Waals surface area contributed by atoms with Crippen LogP contribution in [-0.4, -0.2) is 42.9 Å². The summed E-state index contributed by atoms with van der Waals surface area (Å²) in [4.78, 5) is 16.3. The first kappa shape index (κ1) is 20.3. The van der Waals surface area contributed by atoms with Gasteiger partial charge in [-0.15, -0.1) is 0 Å². The van der Waals surface area contributed by atoms with Gasteiger partial charge in [-0.2, -0.15) is 5.26 Å². The first-order valence-corrected chi connectivity index (χ1v) is 11.1. The van der Waals surface area contributed by atoms with Gasteiger partial charge in [-0.3, -0.25) is 4.40 Å². The fourth-order valence-electron chi connectivity index (χ4n) is 4.58. The predicted molar refractivity (Wildman–Crippen MR) is 127 cm³/mol. The summed E-state index contributed by atoms with van der Waals surface area (Å²) in [6.07, 6.45) is 10.9. The average molecular weight is 452 g/mol. The van der Waals surface area contributed by atoms with Crippen molar-refractivity contribution in [1.82, 2.24) is 23.8 Å². The van der Waals surface area contributed by atoms with Crippen LogP contribution in [0.4, 0.5) is 10.3 Å². The molecular formula is C25H21FN8. The average Bonchev–Trinajstić information content (AvgIpc) is 3.53. The molecule has 1 aliphatic heterocycles. The summed E-state index contributed by atoms with van der Waals surface area (Å²) in [6, 6.07) is 10.6. The number of halogens is 1. The largest absolute Gasteiger partial charge is 0.342 e. The standard InChI is InChI=1S/C25H21FN8/c26-20-13-17(1-2-18(20)15-27)23-22(16-3-8-32-11-6-29-21(32)14-16)24-30-7-12-34(24)25(31-23)33-9-4-19(28)5-10-33/h1-3,6-8,11-14,19H,4-5,9-10,28H2. The number of nitrogens with zero attached hydrogens (tertiary/aromatic N) is 7. The minimum atomic E-state index is -0.579. The van der Waals surface area contributed by atoms with Gasteiger partial charge in [0.15, 0.2) is 0 Å². The Balaban J connectivity index is 1.63. The summed E-state index contributed by atoms with van der Waals surface area (Å²) in [5.41, 5.74) is 10.5. The molecule has 0 atom stereocenters. The Bertz CT molecular complexity index is 1570. The summed E-state index contributed by atoms with van der Waals surface area (Å²) in [5, 5.41) is 9.20. The van der Waals surface area contributed by atoms with Crippen LogP contribution in [0.15, 0.2) is 61.3 Å². The van der Waals surface area contributed by atoms with Crippen molar-refractivity contribution in [2.45, 2.75) is 18.9 Å². The van der Waals surface area contributed by atoms with Crippen LogP contribution in [0, 0.1) is 17.1 Å². The first-order chi connectivity index (χ1) is 16.6. The molecule has 0 saturated carbocycles. The van der Waals surface area contributed by atoms with Crippen LogP contribution in [0.1, 0.15) is 18.4 Å². The van der Waals surface area contributed by atoms with E-state index in [0.29, 0.717) is 11.3 Å². The molecule has 168 valence electrons. The van der Waals surface area contributed by atoms with Crippen molar-refractivity contribution in [2.75, 3.05) is 18.0 Å². The molecule has 1 aromatic carbocycles. The lowest BCUT2D eigenvalue weighted by atomic mass is 9.99. The van der Waals surface area contributed by atoms with E-state index in [1.165, 1.54) is 12.1 Å². The summed E-state index contributed by atoms with van der Waals surface area (Å²) in [7, 11) is 0. The molecule has 9 heteroatoms. The summed E-state index contributed by atoms with van der Waals surface area (Å²) in [5.74, 6) is 0.162. The van der Waals surface area contributed by atoms with E-state index in [1.54, 1.807) is 18.5 Å². The van der Waals surface area contributed by atoms with E-state index < -0.39 is 5.82 Å². The highest BCUT2D eigenvalue weighted by molar-refractivity contribution is 5.92. The second-order valence-electron chi connectivity index (χ2n) is 8.50. The van der Waals surface area contributed by atoms with E-state index in [4.69, 9.17) is 10.7 Å². The van der Waals surface area contributed by atoms with Gasteiger partial charge in [-0.1, -0.05) is 6.07 Å². The molecule has 1 aliphatic rings. The molecule has 0 amide bonds. The lowest BCUT2D eigenvalue weighted by molar-refractivity contribution is 0.494. The first-order valence-electron chi connectivity index (χ1n) is 11.1. The number of anilines is 1. The molecule has 4 aromatic heterocycles. The van der Waals surface area contributed by atoms with Crippen molar-refractivity contribution in [3.63, 3.8) is 0 Å². The third kappa shape index (κ3) is 3.27. The highest BCUT2D eigenvalue weighted by Gasteiger charge is 2.24. The zero-order chi connectivity index (χ0) is 23.2. The van der Waals surface area contributed by atoms with Crippen molar-refractivity contribution in [3.05, 3.63) is 72.7 Å². The third-order valence-electron chi connectivity index (χ3n) is 6.40. The molecule has 5 aromatic rings. The van der Waals surface area contributed by atoms with Gasteiger partial charge in [0.25, 0.3) is 0 Å². The maximum absolute atomic E-state index is 14.7. The predicted octanol–water partition coefficient (Wildman–Crippen LogP) is 3.65. The Labute approximate surface area is 194 Å². The van der Waals surface area contributed by atoms with Gasteiger partial charge in [-0.05, 0) is 42.7 Å². The van der Waals surface area contributed by atoms with Gasteiger partial charge in [0, 0.05) is 55.7 Å². The number of pyridine rings is 1. The fraction of sp³-hybridized carbons (Fsp3) is 0.200. The number of nitrogens with two attached hydrogens (primary N) is 1. The van der Waals surface area contributed by atoms with Gasteiger partial charge in [0.05, 0.1) is 16.8 Å². The van der Waals surface area contributed by atoms with Gasteiger partial charge in [0.1, 0.15) is 23.2 Å². The Hall–Kier alpha value is -4.29. The Morgan fingerprint density at radius 1 is 1.00 bits per heavy atom. The van der Waals surface area contributed by atoms with E-state index in [0.717, 1.165) is 54.3 Å². The molecule has 8 nitrogen and oxygen atoms in total. The zero-order valence-corrected chi connectivity index (χ0v) is 18.3. The molecule has 0 aliphatic carbocycles. The quantitative estimate of drug-likeness (QED) is 0.449. The van der Waals surface area contributed by atoms with Crippen LogP contribution >= 0.6 is 0 Å². The molecule has 0 bridgehead atoms. The molecule has 2 N–H and O–H groups in total. The van der Waals surface area contributed by atoms with Gasteiger partial charge in [0.2, 0.25) is 5.95 Å². The van der Waals surface area contributed by atoms with Crippen LogP contribution in [0.25, 0.3) is 33.7 Å². The Morgan fingerprint density at radius 2 is 1.82 bits per heavy atom. The molecule has 1 fully saturated rings. The van der Waals surface area contributed by atoms with Crippen LogP contribution < -0.4 is 10.6 Å². The van der Waals surface area contributed by atoms with Crippen LogP contribution in [0.5, 0.6) is 0 Å². The summed E-state index contributed by atoms with van der Waals surface area (Å²) in [6.45, 7) is 1.56. The number of benzene rings is 1. The summed E-state index contributed by atoms with van der Waals surface area (Å²) >= 11 is 0. The van der Waals surface area contributed by atoms with Gasteiger partial charge >= 0.3 is 0 Å². The number of nitriles is 1. The van der Waals surface area contributed by atoms with Crippen molar-refractivity contribution in [2.24, 2.45) is 5.73 Å². The SMILES string of the molecule is N#Cc1ccc(-c2nc(N3CCC(N)CC3)n3ccnc3c2-c2ccn3ccnc3c2)cc1F. The van der Waals surface area contributed by atoms with E-state index in [-0.39, 0.29) is 11.6 Å². The van der Waals surface area contributed by atoms with Crippen molar-refractivity contribution in [1.29, 1.82) is 5.26 Å². The Kier molecular flexibility index (Phi) is 4.74. The molecule has 1 saturated heterocycles. The van der Waals surface area contributed by atoms with Crippen molar-refractivity contribution >= 4 is 17.2 Å². The smallest absolute Gasteiger partial charge is 0.211 e. The number of imidazole rings is 2. The fourth-order valence-corrected chi connectivity index (χ4v) is 4.58. The summed E-state index contributed by atoms with van der Waals surface area (Å²) < 4.78 is 18.6. The number of aromatic nitrogens is 5. The van der Waals surface area contributed by atoms with E-state index in [1.807, 2.05) is 45.6 Å². The van der Waals surface area contributed by atoms with E-state index in [9.17, 15) is 9.65 Å². The van der Waals surface area contributed by atoms with E-state index in [2.05, 4.69) is 14.9 Å². The normalized spacial score (nSPS) is 14.7. The zero-order valence-electron chi connectivity index (χ0n) is 18.3. The van der Waals surface area contributed by atoms with Crippen LogP contribution in [0.3, 0.4) is 0 Å². The minimum Gasteiger partial charge on any atom is -0.342 e. The highest BCUT2D eigenvalue weighted by Crippen LogP contribution is 2.37. The molecule has 34 heavy (non-hydrogen) atoms. The lowest BCUT2D eigenvalue weighted by Gasteiger charge is -2.32. The molecule has 0 spiro atoms. The van der Waals surface area contributed by atoms with Gasteiger partial charge < -0.3 is 15.0 Å². The van der Waals surface area contributed by atoms with E-state index >= 15 is 0 Å². The molecule has 0 unspecified atom stereocenters. The second-order valence-corrected chi connectivity index (χ2v) is 8.50. The Morgan fingerprint density at radius 3 is 2.62 bits per heavy atom. The van der Waals surface area contributed by atoms with Gasteiger partial charge in [-0.25, -0.2) is 19.3 Å². The van der Waals surface area contributed by atoms with Crippen molar-refractivity contribution < 1.29 is 4.39 Å². The third-order valence-corrected chi connectivity index (χ3v) is 6.40. The number of hydrogen-bond acceptors (Lipinski definition) is 6. The molecule has 0 radical (unpaired) electrons. The minimum absolute atomic E-state index is 0.00349. The number of hydrogen-bond donors (Lipinski definition) is 1. The molecular weight excluding hydrogens is 431 g/mol. The second kappa shape index (κ2) is 7.93.